The van der Waals surface area contributed by atoms with Crippen LogP contribution in [0.1, 0.15) is 24.3 Å². The summed E-state index contributed by atoms with van der Waals surface area (Å²) in [5.74, 6) is 2.69. The zero-order valence-electron chi connectivity index (χ0n) is 12.1. The van der Waals surface area contributed by atoms with Crippen molar-refractivity contribution in [3.8, 4) is 5.88 Å². The van der Waals surface area contributed by atoms with Gasteiger partial charge >= 0.3 is 0 Å². The summed E-state index contributed by atoms with van der Waals surface area (Å²) < 4.78 is 7.70. The summed E-state index contributed by atoms with van der Waals surface area (Å²) in [5, 5.41) is 8.49. The zero-order valence-corrected chi connectivity index (χ0v) is 12.1. The molecule has 0 amide bonds. The van der Waals surface area contributed by atoms with Crippen molar-refractivity contribution in [2.45, 2.75) is 26.8 Å². The van der Waals surface area contributed by atoms with Crippen LogP contribution >= 0.6 is 0 Å². The van der Waals surface area contributed by atoms with Crippen LogP contribution in [0.25, 0.3) is 0 Å². The molecule has 106 valence electrons. The Morgan fingerprint density at radius 1 is 1.25 bits per heavy atom. The van der Waals surface area contributed by atoms with Crippen molar-refractivity contribution in [2.24, 2.45) is 7.05 Å². The fraction of sp³-hybridized carbons (Fsp3) is 0.500. The normalized spacial score (nSPS) is 14.1. The fourth-order valence-electron chi connectivity index (χ4n) is 2.42. The molecule has 0 saturated heterocycles. The first-order valence-electron chi connectivity index (χ1n) is 6.91. The lowest BCUT2D eigenvalue weighted by Gasteiger charge is -2.30. The monoisotopic (exact) mass is 273 g/mol. The first-order valence-corrected chi connectivity index (χ1v) is 6.91. The molecule has 2 aromatic heterocycles. The molecule has 0 N–H and O–H groups in total. The van der Waals surface area contributed by atoms with Gasteiger partial charge in [-0.3, -0.25) is 0 Å². The van der Waals surface area contributed by atoms with Crippen molar-refractivity contribution in [2.75, 3.05) is 18.1 Å². The van der Waals surface area contributed by atoms with E-state index in [1.54, 1.807) is 0 Å². The molecule has 0 unspecified atom stereocenters. The molecular weight excluding hydrogens is 254 g/mol. The molecule has 0 radical (unpaired) electrons. The smallest absolute Gasteiger partial charge is 0.237 e. The largest absolute Gasteiger partial charge is 0.474 e. The third-order valence-corrected chi connectivity index (χ3v) is 3.62. The van der Waals surface area contributed by atoms with Crippen LogP contribution in [0.5, 0.6) is 5.88 Å². The summed E-state index contributed by atoms with van der Waals surface area (Å²) >= 11 is 0. The van der Waals surface area contributed by atoms with E-state index in [1.807, 2.05) is 20.0 Å². The molecule has 6 heteroatoms. The zero-order chi connectivity index (χ0) is 14.1. The first-order chi connectivity index (χ1) is 9.69. The van der Waals surface area contributed by atoms with Crippen LogP contribution in [0.4, 0.5) is 5.69 Å². The number of ether oxygens (including phenoxy) is 1. The van der Waals surface area contributed by atoms with E-state index < -0.39 is 0 Å². The Balaban J connectivity index is 1.87. The van der Waals surface area contributed by atoms with E-state index in [-0.39, 0.29) is 0 Å². The van der Waals surface area contributed by atoms with Gasteiger partial charge in [0.15, 0.2) is 5.82 Å². The molecule has 1 aliphatic heterocycles. The van der Waals surface area contributed by atoms with Crippen LogP contribution < -0.4 is 9.64 Å². The molecule has 0 bridgehead atoms. The highest BCUT2D eigenvalue weighted by molar-refractivity contribution is 5.56. The SMILES string of the molecule is CCc1nnc(CN2CCOc3nc(C)ccc32)n1C. The molecule has 0 spiro atoms. The summed E-state index contributed by atoms with van der Waals surface area (Å²) in [5.41, 5.74) is 2.00. The van der Waals surface area contributed by atoms with E-state index in [2.05, 4.69) is 37.6 Å². The van der Waals surface area contributed by atoms with Crippen LogP contribution in [0, 0.1) is 6.92 Å². The lowest BCUT2D eigenvalue weighted by Crippen LogP contribution is -2.33. The number of anilines is 1. The molecular formula is C14H19N5O. The second-order valence-corrected chi connectivity index (χ2v) is 4.99. The highest BCUT2D eigenvalue weighted by Gasteiger charge is 2.21. The number of aryl methyl sites for hydroxylation is 2. The Morgan fingerprint density at radius 3 is 2.80 bits per heavy atom. The number of pyridine rings is 1. The first kappa shape index (κ1) is 12.9. The second kappa shape index (κ2) is 5.11. The average Bonchev–Trinajstić information content (AvgIpc) is 2.79. The van der Waals surface area contributed by atoms with E-state index in [0.717, 1.165) is 42.5 Å². The maximum absolute atomic E-state index is 5.63. The Kier molecular flexibility index (Phi) is 3.30. The third-order valence-electron chi connectivity index (χ3n) is 3.62. The Hall–Kier alpha value is -2.11. The van der Waals surface area contributed by atoms with Crippen molar-refractivity contribution in [1.29, 1.82) is 0 Å². The quantitative estimate of drug-likeness (QED) is 0.848. The minimum Gasteiger partial charge on any atom is -0.474 e. The van der Waals surface area contributed by atoms with E-state index in [0.29, 0.717) is 12.5 Å². The third kappa shape index (κ3) is 2.21. The molecule has 2 aromatic rings. The van der Waals surface area contributed by atoms with Crippen molar-refractivity contribution < 1.29 is 4.74 Å². The van der Waals surface area contributed by atoms with Gasteiger partial charge < -0.3 is 14.2 Å². The lowest BCUT2D eigenvalue weighted by atomic mass is 10.2. The van der Waals surface area contributed by atoms with E-state index in [9.17, 15) is 0 Å². The standard InChI is InChI=1S/C14H19N5O/c1-4-12-16-17-13(18(12)3)9-19-7-8-20-14-11(19)6-5-10(2)15-14/h5-6H,4,7-9H2,1-3H3. The second-order valence-electron chi connectivity index (χ2n) is 4.99. The molecule has 0 aliphatic carbocycles. The number of hydrogen-bond acceptors (Lipinski definition) is 5. The van der Waals surface area contributed by atoms with Crippen LogP contribution in [0.2, 0.25) is 0 Å². The van der Waals surface area contributed by atoms with Crippen molar-refractivity contribution >= 4 is 5.69 Å². The lowest BCUT2D eigenvalue weighted by molar-refractivity contribution is 0.293. The minimum atomic E-state index is 0.655. The number of aromatic nitrogens is 4. The Labute approximate surface area is 118 Å². The van der Waals surface area contributed by atoms with Crippen molar-refractivity contribution in [3.63, 3.8) is 0 Å². The molecule has 0 fully saturated rings. The maximum Gasteiger partial charge on any atom is 0.237 e. The van der Waals surface area contributed by atoms with Gasteiger partial charge in [-0.05, 0) is 19.1 Å². The van der Waals surface area contributed by atoms with Gasteiger partial charge in [0.25, 0.3) is 0 Å². The van der Waals surface area contributed by atoms with Gasteiger partial charge in [0.05, 0.1) is 13.1 Å². The summed E-state index contributed by atoms with van der Waals surface area (Å²) in [6.45, 7) is 6.28. The fourth-order valence-corrected chi connectivity index (χ4v) is 2.42. The summed E-state index contributed by atoms with van der Waals surface area (Å²) in [6.07, 6.45) is 0.893. The van der Waals surface area contributed by atoms with Crippen molar-refractivity contribution in [3.05, 3.63) is 29.5 Å². The van der Waals surface area contributed by atoms with E-state index in [4.69, 9.17) is 4.74 Å². The molecule has 20 heavy (non-hydrogen) atoms. The van der Waals surface area contributed by atoms with E-state index >= 15 is 0 Å². The Bertz CT molecular complexity index is 622. The average molecular weight is 273 g/mol. The summed E-state index contributed by atoms with van der Waals surface area (Å²) in [6, 6.07) is 4.07. The highest BCUT2D eigenvalue weighted by Crippen LogP contribution is 2.30. The van der Waals surface area contributed by atoms with Gasteiger partial charge in [-0.15, -0.1) is 10.2 Å². The minimum absolute atomic E-state index is 0.655. The Morgan fingerprint density at radius 2 is 2.05 bits per heavy atom. The van der Waals surface area contributed by atoms with Crippen LogP contribution in [0.3, 0.4) is 0 Å². The van der Waals surface area contributed by atoms with E-state index in [1.165, 1.54) is 0 Å². The number of nitrogens with zero attached hydrogens (tertiary/aromatic N) is 5. The molecule has 3 heterocycles. The highest BCUT2D eigenvalue weighted by atomic mass is 16.5. The summed E-state index contributed by atoms with van der Waals surface area (Å²) in [4.78, 5) is 6.69. The van der Waals surface area contributed by atoms with Crippen LogP contribution in [-0.4, -0.2) is 32.9 Å². The van der Waals surface area contributed by atoms with Gasteiger partial charge in [-0.1, -0.05) is 6.92 Å². The predicted octanol–water partition coefficient (Wildman–Crippen LogP) is 1.48. The molecule has 0 aromatic carbocycles. The van der Waals surface area contributed by atoms with Crippen LogP contribution in [0.15, 0.2) is 12.1 Å². The topological polar surface area (TPSA) is 56.1 Å². The molecule has 1 aliphatic rings. The molecule has 0 atom stereocenters. The molecule has 3 rings (SSSR count). The van der Waals surface area contributed by atoms with Gasteiger partial charge in [0, 0.05) is 19.2 Å². The van der Waals surface area contributed by atoms with Crippen molar-refractivity contribution in [1.82, 2.24) is 19.7 Å². The number of hydrogen-bond donors (Lipinski definition) is 0. The molecule has 6 nitrogen and oxygen atoms in total. The number of rotatable bonds is 3. The van der Waals surface area contributed by atoms with Gasteiger partial charge in [-0.2, -0.15) is 0 Å². The van der Waals surface area contributed by atoms with Crippen LogP contribution in [-0.2, 0) is 20.0 Å². The predicted molar refractivity (Wildman–Crippen MR) is 75.9 cm³/mol. The maximum atomic E-state index is 5.63. The number of fused-ring (bicyclic) bond motifs is 1. The van der Waals surface area contributed by atoms with Gasteiger partial charge in [0.1, 0.15) is 18.1 Å². The van der Waals surface area contributed by atoms with Gasteiger partial charge in [0.2, 0.25) is 5.88 Å². The van der Waals surface area contributed by atoms with Gasteiger partial charge in [-0.25, -0.2) is 4.98 Å². The molecule has 0 saturated carbocycles. The summed E-state index contributed by atoms with van der Waals surface area (Å²) in [7, 11) is 2.02.